The predicted octanol–water partition coefficient (Wildman–Crippen LogP) is 2.63. The van der Waals surface area contributed by atoms with Crippen LogP contribution in [0.15, 0.2) is 22.7 Å². The average molecular weight is 310 g/mol. The normalized spacial score (nSPS) is 12.7. The Labute approximate surface area is 115 Å². The van der Waals surface area contributed by atoms with Crippen LogP contribution in [-0.2, 0) is 4.79 Å². The number of benzene rings is 1. The SMILES string of the molecule is CC(C)(C)[C@H](N)C(=O)Nc1ccc(C#N)c(Br)c1. The maximum Gasteiger partial charge on any atom is 0.241 e. The lowest BCUT2D eigenvalue weighted by Crippen LogP contribution is -2.45. The third-order valence-electron chi connectivity index (χ3n) is 2.57. The first-order chi connectivity index (χ1) is 8.25. The number of hydrogen-bond acceptors (Lipinski definition) is 3. The fraction of sp³-hybridized carbons (Fsp3) is 0.385. The lowest BCUT2D eigenvalue weighted by Gasteiger charge is -2.25. The van der Waals surface area contributed by atoms with Gasteiger partial charge >= 0.3 is 0 Å². The zero-order chi connectivity index (χ0) is 13.9. The standard InChI is InChI=1S/C13H16BrN3O/c1-13(2,3)11(16)12(18)17-9-5-4-8(7-15)10(14)6-9/h4-6,11H,16H2,1-3H3,(H,17,18)/t11-/m1/s1. The van der Waals surface area contributed by atoms with E-state index in [1.807, 2.05) is 26.8 Å². The molecule has 1 amide bonds. The Morgan fingerprint density at radius 3 is 2.56 bits per heavy atom. The van der Waals surface area contributed by atoms with Crippen molar-refractivity contribution in [3.8, 4) is 6.07 Å². The molecule has 3 N–H and O–H groups in total. The van der Waals surface area contributed by atoms with E-state index in [0.717, 1.165) is 0 Å². The molecular formula is C13H16BrN3O. The molecule has 0 spiro atoms. The summed E-state index contributed by atoms with van der Waals surface area (Å²) in [5.74, 6) is -0.237. The second-order valence-electron chi connectivity index (χ2n) is 5.14. The topological polar surface area (TPSA) is 78.9 Å². The quantitative estimate of drug-likeness (QED) is 0.881. The van der Waals surface area contributed by atoms with Gasteiger partial charge in [-0.1, -0.05) is 20.8 Å². The zero-order valence-electron chi connectivity index (χ0n) is 10.6. The Bertz CT molecular complexity index is 500. The van der Waals surface area contributed by atoms with Crippen molar-refractivity contribution in [3.05, 3.63) is 28.2 Å². The molecule has 5 heteroatoms. The second-order valence-corrected chi connectivity index (χ2v) is 5.99. The summed E-state index contributed by atoms with van der Waals surface area (Å²) in [5, 5.41) is 11.5. The number of rotatable bonds is 2. The van der Waals surface area contributed by atoms with E-state index in [1.165, 1.54) is 0 Å². The Morgan fingerprint density at radius 1 is 1.50 bits per heavy atom. The van der Waals surface area contributed by atoms with Gasteiger partial charge in [0.05, 0.1) is 11.6 Å². The molecule has 0 aliphatic rings. The van der Waals surface area contributed by atoms with Crippen LogP contribution >= 0.6 is 15.9 Å². The van der Waals surface area contributed by atoms with Crippen molar-refractivity contribution in [1.29, 1.82) is 5.26 Å². The van der Waals surface area contributed by atoms with Gasteiger partial charge in [-0.15, -0.1) is 0 Å². The molecule has 0 fully saturated rings. The van der Waals surface area contributed by atoms with E-state index in [-0.39, 0.29) is 11.3 Å². The highest BCUT2D eigenvalue weighted by Gasteiger charge is 2.27. The monoisotopic (exact) mass is 309 g/mol. The lowest BCUT2D eigenvalue weighted by atomic mass is 9.87. The first-order valence-electron chi connectivity index (χ1n) is 5.52. The Morgan fingerprint density at radius 2 is 2.11 bits per heavy atom. The summed E-state index contributed by atoms with van der Waals surface area (Å²) in [6.45, 7) is 5.73. The molecule has 1 rings (SSSR count). The first kappa shape index (κ1) is 14.7. The lowest BCUT2D eigenvalue weighted by molar-refractivity contribution is -0.119. The van der Waals surface area contributed by atoms with E-state index < -0.39 is 6.04 Å². The van der Waals surface area contributed by atoms with Crippen molar-refractivity contribution in [2.45, 2.75) is 26.8 Å². The van der Waals surface area contributed by atoms with Gasteiger partial charge in [-0.25, -0.2) is 0 Å². The van der Waals surface area contributed by atoms with E-state index >= 15 is 0 Å². The maximum atomic E-state index is 11.9. The fourth-order valence-electron chi connectivity index (χ4n) is 1.30. The number of nitrogens with one attached hydrogen (secondary N) is 1. The summed E-state index contributed by atoms with van der Waals surface area (Å²) in [5.41, 5.74) is 6.70. The molecule has 1 atom stereocenters. The van der Waals surface area contributed by atoms with Crippen molar-refractivity contribution in [2.24, 2.45) is 11.1 Å². The molecule has 96 valence electrons. The molecule has 1 aromatic rings. The molecule has 4 nitrogen and oxygen atoms in total. The van der Waals surface area contributed by atoms with Gasteiger partial charge in [0.2, 0.25) is 5.91 Å². The van der Waals surface area contributed by atoms with E-state index in [4.69, 9.17) is 11.0 Å². The summed E-state index contributed by atoms with van der Waals surface area (Å²) in [4.78, 5) is 11.9. The molecule has 0 unspecified atom stereocenters. The molecule has 0 radical (unpaired) electrons. The van der Waals surface area contributed by atoms with Crippen molar-refractivity contribution in [3.63, 3.8) is 0 Å². The van der Waals surface area contributed by atoms with Crippen LogP contribution < -0.4 is 11.1 Å². The van der Waals surface area contributed by atoms with E-state index in [9.17, 15) is 4.79 Å². The smallest absolute Gasteiger partial charge is 0.241 e. The Hall–Kier alpha value is -1.38. The molecule has 0 aliphatic heterocycles. The number of nitriles is 1. The molecule has 0 heterocycles. The van der Waals surface area contributed by atoms with Crippen LogP contribution in [0.1, 0.15) is 26.3 Å². The highest BCUT2D eigenvalue weighted by molar-refractivity contribution is 9.10. The number of hydrogen-bond donors (Lipinski definition) is 2. The van der Waals surface area contributed by atoms with Crippen molar-refractivity contribution in [2.75, 3.05) is 5.32 Å². The maximum absolute atomic E-state index is 11.9. The van der Waals surface area contributed by atoms with Crippen LogP contribution in [0.3, 0.4) is 0 Å². The number of nitrogens with zero attached hydrogens (tertiary/aromatic N) is 1. The van der Waals surface area contributed by atoms with E-state index in [1.54, 1.807) is 18.2 Å². The molecular weight excluding hydrogens is 294 g/mol. The van der Waals surface area contributed by atoms with Crippen LogP contribution in [0.4, 0.5) is 5.69 Å². The third kappa shape index (κ3) is 3.56. The van der Waals surface area contributed by atoms with Crippen molar-refractivity contribution < 1.29 is 4.79 Å². The summed E-state index contributed by atoms with van der Waals surface area (Å²) in [6, 6.07) is 6.45. The van der Waals surface area contributed by atoms with Crippen molar-refractivity contribution >= 4 is 27.5 Å². The summed E-state index contributed by atoms with van der Waals surface area (Å²) < 4.78 is 0.645. The summed E-state index contributed by atoms with van der Waals surface area (Å²) in [7, 11) is 0. The van der Waals surface area contributed by atoms with Gasteiger partial charge in [-0.3, -0.25) is 4.79 Å². The molecule has 0 saturated carbocycles. The zero-order valence-corrected chi connectivity index (χ0v) is 12.2. The average Bonchev–Trinajstić information content (AvgIpc) is 2.27. The van der Waals surface area contributed by atoms with Crippen molar-refractivity contribution in [1.82, 2.24) is 0 Å². The van der Waals surface area contributed by atoms with E-state index in [0.29, 0.717) is 15.7 Å². The van der Waals surface area contributed by atoms with Gasteiger partial charge in [-0.2, -0.15) is 5.26 Å². The van der Waals surface area contributed by atoms with Crippen LogP contribution in [0, 0.1) is 16.7 Å². The van der Waals surface area contributed by atoms with Crippen LogP contribution in [0.5, 0.6) is 0 Å². The summed E-state index contributed by atoms with van der Waals surface area (Å²) in [6.07, 6.45) is 0. The molecule has 0 aliphatic carbocycles. The molecule has 0 saturated heterocycles. The van der Waals surface area contributed by atoms with Gasteiger partial charge in [-0.05, 0) is 39.5 Å². The first-order valence-corrected chi connectivity index (χ1v) is 6.31. The number of carbonyl (C=O) groups excluding carboxylic acids is 1. The minimum absolute atomic E-state index is 0.237. The van der Waals surface area contributed by atoms with Gasteiger partial charge in [0.1, 0.15) is 6.07 Å². The number of nitrogens with two attached hydrogens (primary N) is 1. The molecule has 18 heavy (non-hydrogen) atoms. The van der Waals surface area contributed by atoms with Crippen LogP contribution in [0.2, 0.25) is 0 Å². The highest BCUT2D eigenvalue weighted by Crippen LogP contribution is 2.22. The van der Waals surface area contributed by atoms with E-state index in [2.05, 4.69) is 21.2 Å². The highest BCUT2D eigenvalue weighted by atomic mass is 79.9. The Balaban J connectivity index is 2.84. The minimum atomic E-state index is -0.591. The van der Waals surface area contributed by atoms with Gasteiger partial charge in [0.15, 0.2) is 0 Å². The van der Waals surface area contributed by atoms with Gasteiger partial charge in [0.25, 0.3) is 0 Å². The third-order valence-corrected chi connectivity index (χ3v) is 3.23. The number of anilines is 1. The second kappa shape index (κ2) is 5.51. The molecule has 0 bridgehead atoms. The minimum Gasteiger partial charge on any atom is -0.325 e. The summed E-state index contributed by atoms with van der Waals surface area (Å²) >= 11 is 3.27. The predicted molar refractivity (Wildman–Crippen MR) is 74.9 cm³/mol. The fourth-order valence-corrected chi connectivity index (χ4v) is 1.76. The Kier molecular flexibility index (Phi) is 4.49. The number of carbonyl (C=O) groups is 1. The van der Waals surface area contributed by atoms with Gasteiger partial charge in [0, 0.05) is 10.2 Å². The van der Waals surface area contributed by atoms with Gasteiger partial charge < -0.3 is 11.1 Å². The molecule has 1 aromatic carbocycles. The number of amides is 1. The largest absolute Gasteiger partial charge is 0.325 e. The van der Waals surface area contributed by atoms with Crippen LogP contribution in [0.25, 0.3) is 0 Å². The molecule has 0 aromatic heterocycles. The van der Waals surface area contributed by atoms with Crippen LogP contribution in [-0.4, -0.2) is 11.9 Å². The number of halogens is 1.